The smallest absolute Gasteiger partial charge is 0.137 e. The summed E-state index contributed by atoms with van der Waals surface area (Å²) in [7, 11) is 0. The van der Waals surface area contributed by atoms with Crippen LogP contribution in [0.4, 0.5) is 28.6 Å². The molecule has 4 nitrogen and oxygen atoms in total. The number of para-hydroxylation sites is 1. The zero-order chi connectivity index (χ0) is 31.3. The van der Waals surface area contributed by atoms with Gasteiger partial charge in [-0.25, -0.2) is 4.98 Å². The van der Waals surface area contributed by atoms with Crippen LogP contribution < -0.4 is 9.80 Å². The van der Waals surface area contributed by atoms with Gasteiger partial charge in [0.2, 0.25) is 0 Å². The van der Waals surface area contributed by atoms with Crippen molar-refractivity contribution in [3.8, 4) is 17.2 Å². The van der Waals surface area contributed by atoms with E-state index in [-0.39, 0.29) is 0 Å². The molecule has 0 spiro atoms. The molecule has 47 heavy (non-hydrogen) atoms. The van der Waals surface area contributed by atoms with Crippen molar-refractivity contribution < 1.29 is 0 Å². The van der Waals surface area contributed by atoms with Crippen molar-refractivity contribution >= 4 is 60.9 Å². The molecular formula is C43H30N4. The summed E-state index contributed by atoms with van der Waals surface area (Å²) in [6, 6.07) is 51.5. The molecule has 0 N–H and O–H groups in total. The SMILES string of the molecule is N#Cc1ccc(N(c2ccc(-c3ccccc3)cn2)c2ccc3ccc4c(N5CCCc6ccccc65)ccc5ccc2c3c54)cc1. The Hall–Kier alpha value is -6.18. The van der Waals surface area contributed by atoms with E-state index in [4.69, 9.17) is 4.98 Å². The van der Waals surface area contributed by atoms with Crippen molar-refractivity contribution in [1.82, 2.24) is 4.98 Å². The maximum atomic E-state index is 9.53. The molecule has 1 aliphatic rings. The summed E-state index contributed by atoms with van der Waals surface area (Å²) in [5.74, 6) is 0.815. The molecule has 0 fully saturated rings. The van der Waals surface area contributed by atoms with E-state index in [1.54, 1.807) is 0 Å². The first-order valence-electron chi connectivity index (χ1n) is 16.1. The van der Waals surface area contributed by atoms with Crippen molar-refractivity contribution in [1.29, 1.82) is 5.26 Å². The molecule has 0 unspecified atom stereocenters. The van der Waals surface area contributed by atoms with Gasteiger partial charge in [0.05, 0.1) is 17.3 Å². The molecule has 8 aromatic rings. The molecule has 4 heteroatoms. The topological polar surface area (TPSA) is 43.2 Å². The number of hydrogen-bond donors (Lipinski definition) is 0. The molecular weight excluding hydrogens is 573 g/mol. The minimum atomic E-state index is 0.628. The second-order valence-corrected chi connectivity index (χ2v) is 12.2. The van der Waals surface area contributed by atoms with Gasteiger partial charge in [-0.3, -0.25) is 4.90 Å². The number of pyridine rings is 1. The van der Waals surface area contributed by atoms with Crippen LogP contribution in [0.15, 0.2) is 146 Å². The minimum absolute atomic E-state index is 0.628. The Labute approximate surface area is 273 Å². The Balaban J connectivity index is 1.25. The van der Waals surface area contributed by atoms with Gasteiger partial charge in [-0.15, -0.1) is 0 Å². The highest BCUT2D eigenvalue weighted by atomic mass is 15.2. The summed E-state index contributed by atoms with van der Waals surface area (Å²) in [5.41, 5.74) is 8.80. The molecule has 0 radical (unpaired) electrons. The van der Waals surface area contributed by atoms with Crippen LogP contribution in [-0.4, -0.2) is 11.5 Å². The fraction of sp³-hybridized carbons (Fsp3) is 0.0698. The molecule has 0 atom stereocenters. The highest BCUT2D eigenvalue weighted by Crippen LogP contribution is 2.46. The molecule has 0 bridgehead atoms. The second-order valence-electron chi connectivity index (χ2n) is 12.2. The predicted octanol–water partition coefficient (Wildman–Crippen LogP) is 11.1. The van der Waals surface area contributed by atoms with Gasteiger partial charge >= 0.3 is 0 Å². The van der Waals surface area contributed by atoms with E-state index in [9.17, 15) is 5.26 Å². The number of aromatic nitrogens is 1. The van der Waals surface area contributed by atoms with Crippen LogP contribution in [-0.2, 0) is 6.42 Å². The molecule has 0 amide bonds. The van der Waals surface area contributed by atoms with E-state index < -0.39 is 0 Å². The summed E-state index contributed by atoms with van der Waals surface area (Å²) in [5, 5.41) is 16.9. The largest absolute Gasteiger partial charge is 0.341 e. The molecule has 0 aliphatic carbocycles. The molecule has 0 saturated carbocycles. The van der Waals surface area contributed by atoms with E-state index in [0.717, 1.165) is 53.1 Å². The Bertz CT molecular complexity index is 2440. The fourth-order valence-electron chi connectivity index (χ4n) is 7.38. The molecule has 7 aromatic carbocycles. The quantitative estimate of drug-likeness (QED) is 0.184. The maximum absolute atomic E-state index is 9.53. The van der Waals surface area contributed by atoms with Crippen molar-refractivity contribution in [2.75, 3.05) is 16.3 Å². The van der Waals surface area contributed by atoms with E-state index >= 15 is 0 Å². The number of aryl methyl sites for hydroxylation is 1. The number of benzene rings is 7. The van der Waals surface area contributed by atoms with Crippen molar-refractivity contribution in [3.05, 3.63) is 157 Å². The van der Waals surface area contributed by atoms with Crippen LogP contribution in [0.25, 0.3) is 43.4 Å². The van der Waals surface area contributed by atoms with Crippen LogP contribution in [0, 0.1) is 11.3 Å². The van der Waals surface area contributed by atoms with E-state index in [2.05, 4.69) is 113 Å². The third-order valence-corrected chi connectivity index (χ3v) is 9.60. The van der Waals surface area contributed by atoms with Gasteiger partial charge in [0, 0.05) is 46.1 Å². The van der Waals surface area contributed by atoms with Gasteiger partial charge in [-0.1, -0.05) is 84.9 Å². The zero-order valence-electron chi connectivity index (χ0n) is 25.8. The Morgan fingerprint density at radius 2 is 1.34 bits per heavy atom. The summed E-state index contributed by atoms with van der Waals surface area (Å²) < 4.78 is 0. The van der Waals surface area contributed by atoms with Gasteiger partial charge < -0.3 is 4.90 Å². The number of nitrogens with zero attached hydrogens (tertiary/aromatic N) is 4. The molecule has 0 saturated heterocycles. The van der Waals surface area contributed by atoms with Crippen LogP contribution >= 0.6 is 0 Å². The van der Waals surface area contributed by atoms with Crippen LogP contribution in [0.3, 0.4) is 0 Å². The van der Waals surface area contributed by atoms with Gasteiger partial charge in [-0.05, 0) is 100 Å². The maximum Gasteiger partial charge on any atom is 0.137 e. The lowest BCUT2D eigenvalue weighted by atomic mass is 9.91. The van der Waals surface area contributed by atoms with Crippen molar-refractivity contribution in [2.45, 2.75) is 12.8 Å². The first-order valence-corrected chi connectivity index (χ1v) is 16.1. The number of anilines is 5. The van der Waals surface area contributed by atoms with E-state index in [1.807, 2.05) is 48.7 Å². The van der Waals surface area contributed by atoms with Gasteiger partial charge in [0.15, 0.2) is 0 Å². The van der Waals surface area contributed by atoms with E-state index in [0.29, 0.717) is 5.56 Å². The molecule has 1 aromatic heterocycles. The molecule has 222 valence electrons. The zero-order valence-corrected chi connectivity index (χ0v) is 25.8. The number of nitriles is 1. The molecule has 1 aliphatic heterocycles. The number of fused-ring (bicyclic) bond motifs is 1. The van der Waals surface area contributed by atoms with Gasteiger partial charge in [0.25, 0.3) is 0 Å². The second kappa shape index (κ2) is 11.0. The fourth-order valence-corrected chi connectivity index (χ4v) is 7.38. The van der Waals surface area contributed by atoms with Crippen LogP contribution in [0.2, 0.25) is 0 Å². The van der Waals surface area contributed by atoms with Gasteiger partial charge in [-0.2, -0.15) is 5.26 Å². The standard InChI is InChI=1S/C43H30N4/c44-27-29-12-19-35(20-13-29)47(41-25-18-34(28-45-41)30-7-2-1-3-8-30)40-24-17-33-14-21-36-39(23-16-32-15-22-37(40)43(33)42(32)36)46-26-6-10-31-9-4-5-11-38(31)46/h1-5,7-9,11-25,28H,6,10,26H2. The molecule has 9 rings (SSSR count). The van der Waals surface area contributed by atoms with Crippen LogP contribution in [0.1, 0.15) is 17.5 Å². The number of rotatable bonds is 5. The lowest BCUT2D eigenvalue weighted by Crippen LogP contribution is -2.24. The summed E-state index contributed by atoms with van der Waals surface area (Å²) in [6.45, 7) is 1.00. The third kappa shape index (κ3) is 4.47. The van der Waals surface area contributed by atoms with Crippen LogP contribution in [0.5, 0.6) is 0 Å². The van der Waals surface area contributed by atoms with E-state index in [1.165, 1.54) is 43.9 Å². The molecule has 2 heterocycles. The average Bonchev–Trinajstić information content (AvgIpc) is 3.15. The average molecular weight is 603 g/mol. The summed E-state index contributed by atoms with van der Waals surface area (Å²) in [4.78, 5) is 9.73. The summed E-state index contributed by atoms with van der Waals surface area (Å²) in [6.07, 6.45) is 4.20. The number of hydrogen-bond acceptors (Lipinski definition) is 4. The first-order chi connectivity index (χ1) is 23.3. The Morgan fingerprint density at radius 1 is 0.617 bits per heavy atom. The van der Waals surface area contributed by atoms with Gasteiger partial charge in [0.1, 0.15) is 5.82 Å². The Kier molecular flexibility index (Phi) is 6.36. The highest BCUT2D eigenvalue weighted by molar-refractivity contribution is 6.27. The summed E-state index contributed by atoms with van der Waals surface area (Å²) >= 11 is 0. The predicted molar refractivity (Wildman–Crippen MR) is 195 cm³/mol. The monoisotopic (exact) mass is 602 g/mol. The third-order valence-electron chi connectivity index (χ3n) is 9.60. The first kappa shape index (κ1) is 27.2. The normalized spacial score (nSPS) is 12.8. The van der Waals surface area contributed by atoms with Crippen molar-refractivity contribution in [2.24, 2.45) is 0 Å². The highest BCUT2D eigenvalue weighted by Gasteiger charge is 2.23. The lowest BCUT2D eigenvalue weighted by molar-refractivity contribution is 0.768. The minimum Gasteiger partial charge on any atom is -0.341 e. The lowest BCUT2D eigenvalue weighted by Gasteiger charge is -2.33. The Morgan fingerprint density at radius 3 is 2.13 bits per heavy atom. The van der Waals surface area contributed by atoms with Crippen molar-refractivity contribution in [3.63, 3.8) is 0 Å².